The largest absolute Gasteiger partial charge is 0.444 e. The summed E-state index contributed by atoms with van der Waals surface area (Å²) in [4.78, 5) is 13.3. The van der Waals surface area contributed by atoms with Crippen molar-refractivity contribution in [1.29, 1.82) is 0 Å². The molecule has 0 bridgehead atoms. The standard InChI is InChI=1S/C11H22N2O2.ClH/c1-10(2,3)15-9(14)13(4)8-11(7-12)5-6-11;/h5-8,12H2,1-4H3;1H. The van der Waals surface area contributed by atoms with Crippen LogP contribution in [0.25, 0.3) is 0 Å². The van der Waals surface area contributed by atoms with Gasteiger partial charge in [0, 0.05) is 19.0 Å². The molecule has 0 atom stereocenters. The number of amides is 1. The number of nitrogens with zero attached hydrogens (tertiary/aromatic N) is 1. The highest BCUT2D eigenvalue weighted by molar-refractivity contribution is 5.85. The van der Waals surface area contributed by atoms with Crippen LogP contribution in [-0.4, -0.2) is 36.7 Å². The van der Waals surface area contributed by atoms with Crippen LogP contribution >= 0.6 is 12.4 Å². The second kappa shape index (κ2) is 5.23. The van der Waals surface area contributed by atoms with E-state index in [0.29, 0.717) is 13.1 Å². The maximum absolute atomic E-state index is 11.6. The predicted molar refractivity (Wildman–Crippen MR) is 66.8 cm³/mol. The van der Waals surface area contributed by atoms with Crippen LogP contribution in [0.5, 0.6) is 0 Å². The first-order chi connectivity index (χ1) is 6.78. The molecule has 0 spiro atoms. The third-order valence-corrected chi connectivity index (χ3v) is 2.67. The SMILES string of the molecule is CN(CC1(CN)CC1)C(=O)OC(C)(C)C.Cl. The molecule has 1 saturated carbocycles. The highest BCUT2D eigenvalue weighted by Crippen LogP contribution is 2.44. The summed E-state index contributed by atoms with van der Waals surface area (Å²) in [5.74, 6) is 0. The van der Waals surface area contributed by atoms with Crippen molar-refractivity contribution in [2.24, 2.45) is 11.1 Å². The summed E-state index contributed by atoms with van der Waals surface area (Å²) in [7, 11) is 1.77. The fraction of sp³-hybridized carbons (Fsp3) is 0.909. The van der Waals surface area contributed by atoms with E-state index in [-0.39, 0.29) is 23.9 Å². The summed E-state index contributed by atoms with van der Waals surface area (Å²) in [6.07, 6.45) is 1.98. The van der Waals surface area contributed by atoms with Gasteiger partial charge in [-0.2, -0.15) is 0 Å². The molecular formula is C11H23ClN2O2. The summed E-state index contributed by atoms with van der Waals surface area (Å²) >= 11 is 0. The third kappa shape index (κ3) is 4.58. The summed E-state index contributed by atoms with van der Waals surface area (Å²) < 4.78 is 5.26. The summed E-state index contributed by atoms with van der Waals surface area (Å²) in [6.45, 7) is 6.97. The van der Waals surface area contributed by atoms with Gasteiger partial charge >= 0.3 is 6.09 Å². The van der Waals surface area contributed by atoms with E-state index in [1.807, 2.05) is 20.8 Å². The van der Waals surface area contributed by atoms with Crippen LogP contribution < -0.4 is 5.73 Å². The van der Waals surface area contributed by atoms with Crippen molar-refractivity contribution in [2.45, 2.75) is 39.2 Å². The lowest BCUT2D eigenvalue weighted by molar-refractivity contribution is 0.0267. The van der Waals surface area contributed by atoms with Crippen molar-refractivity contribution in [3.63, 3.8) is 0 Å². The van der Waals surface area contributed by atoms with Gasteiger partial charge in [-0.1, -0.05) is 0 Å². The van der Waals surface area contributed by atoms with Crippen LogP contribution in [0.15, 0.2) is 0 Å². The fourth-order valence-corrected chi connectivity index (χ4v) is 1.51. The molecule has 0 aliphatic heterocycles. The maximum atomic E-state index is 11.6. The molecule has 1 aliphatic rings. The summed E-state index contributed by atoms with van der Waals surface area (Å²) in [5.41, 5.74) is 5.41. The molecule has 0 heterocycles. The number of ether oxygens (including phenoxy) is 1. The van der Waals surface area contributed by atoms with Gasteiger partial charge in [0.2, 0.25) is 0 Å². The lowest BCUT2D eigenvalue weighted by atomic mass is 10.1. The van der Waals surface area contributed by atoms with Gasteiger partial charge in [0.1, 0.15) is 5.60 Å². The first kappa shape index (κ1) is 15.5. The van der Waals surface area contributed by atoms with Gasteiger partial charge in [0.05, 0.1) is 0 Å². The Kier molecular flexibility index (Phi) is 5.08. The average Bonchev–Trinajstić information content (AvgIpc) is 2.82. The minimum Gasteiger partial charge on any atom is -0.444 e. The van der Waals surface area contributed by atoms with Crippen LogP contribution in [0.4, 0.5) is 4.79 Å². The Bertz CT molecular complexity index is 247. The fourth-order valence-electron chi connectivity index (χ4n) is 1.51. The predicted octanol–water partition coefficient (Wildman–Crippen LogP) is 2.01. The molecular weight excluding hydrogens is 228 g/mol. The second-order valence-corrected chi connectivity index (χ2v) is 5.54. The van der Waals surface area contributed by atoms with Gasteiger partial charge in [-0.05, 0) is 40.2 Å². The zero-order valence-electron chi connectivity index (χ0n) is 10.6. The summed E-state index contributed by atoms with van der Waals surface area (Å²) in [6, 6.07) is 0. The number of carbonyl (C=O) groups excluding carboxylic acids is 1. The third-order valence-electron chi connectivity index (χ3n) is 2.67. The van der Waals surface area contributed by atoms with E-state index in [9.17, 15) is 4.79 Å². The molecule has 4 nitrogen and oxygen atoms in total. The van der Waals surface area contributed by atoms with Crippen molar-refractivity contribution >= 4 is 18.5 Å². The molecule has 5 heteroatoms. The number of carbonyl (C=O) groups is 1. The topological polar surface area (TPSA) is 55.6 Å². The maximum Gasteiger partial charge on any atom is 0.410 e. The number of rotatable bonds is 3. The lowest BCUT2D eigenvalue weighted by Crippen LogP contribution is -2.39. The van der Waals surface area contributed by atoms with E-state index in [1.54, 1.807) is 11.9 Å². The lowest BCUT2D eigenvalue weighted by Gasteiger charge is -2.27. The molecule has 1 aliphatic carbocycles. The van der Waals surface area contributed by atoms with Crippen molar-refractivity contribution in [3.05, 3.63) is 0 Å². The Morgan fingerprint density at radius 1 is 1.44 bits per heavy atom. The van der Waals surface area contributed by atoms with Gasteiger partial charge in [-0.25, -0.2) is 4.79 Å². The molecule has 1 fully saturated rings. The molecule has 0 aromatic heterocycles. The first-order valence-electron chi connectivity index (χ1n) is 5.42. The van der Waals surface area contributed by atoms with Gasteiger partial charge in [0.15, 0.2) is 0 Å². The van der Waals surface area contributed by atoms with E-state index in [4.69, 9.17) is 10.5 Å². The molecule has 2 N–H and O–H groups in total. The molecule has 0 radical (unpaired) electrons. The van der Waals surface area contributed by atoms with Crippen LogP contribution in [0.2, 0.25) is 0 Å². The Balaban J connectivity index is 0.00000225. The van der Waals surface area contributed by atoms with E-state index in [2.05, 4.69) is 0 Å². The normalized spacial score (nSPS) is 17.3. The van der Waals surface area contributed by atoms with Crippen molar-refractivity contribution in [3.8, 4) is 0 Å². The Morgan fingerprint density at radius 3 is 2.25 bits per heavy atom. The van der Waals surface area contributed by atoms with Crippen LogP contribution in [-0.2, 0) is 4.74 Å². The molecule has 1 rings (SSSR count). The monoisotopic (exact) mass is 250 g/mol. The van der Waals surface area contributed by atoms with Crippen molar-refractivity contribution in [2.75, 3.05) is 20.1 Å². The van der Waals surface area contributed by atoms with Crippen LogP contribution in [0, 0.1) is 5.41 Å². The molecule has 0 aromatic rings. The van der Waals surface area contributed by atoms with Gasteiger partial charge in [0.25, 0.3) is 0 Å². The van der Waals surface area contributed by atoms with Gasteiger partial charge in [-0.15, -0.1) is 12.4 Å². The zero-order valence-corrected chi connectivity index (χ0v) is 11.4. The molecule has 0 saturated heterocycles. The quantitative estimate of drug-likeness (QED) is 0.834. The smallest absolute Gasteiger partial charge is 0.410 e. The summed E-state index contributed by atoms with van der Waals surface area (Å²) in [5, 5.41) is 0. The minimum absolute atomic E-state index is 0. The molecule has 0 unspecified atom stereocenters. The van der Waals surface area contributed by atoms with Gasteiger partial charge in [-0.3, -0.25) is 0 Å². The highest BCUT2D eigenvalue weighted by atomic mass is 35.5. The average molecular weight is 251 g/mol. The Morgan fingerprint density at radius 2 is 1.94 bits per heavy atom. The second-order valence-electron chi connectivity index (χ2n) is 5.54. The number of hydrogen-bond donors (Lipinski definition) is 1. The molecule has 96 valence electrons. The Hall–Kier alpha value is -0.480. The zero-order chi connectivity index (χ0) is 11.7. The van der Waals surface area contributed by atoms with Crippen LogP contribution in [0.1, 0.15) is 33.6 Å². The molecule has 1 amide bonds. The van der Waals surface area contributed by atoms with Gasteiger partial charge < -0.3 is 15.4 Å². The van der Waals surface area contributed by atoms with E-state index in [1.165, 1.54) is 0 Å². The molecule has 0 aromatic carbocycles. The highest BCUT2D eigenvalue weighted by Gasteiger charge is 2.43. The van der Waals surface area contributed by atoms with Crippen molar-refractivity contribution < 1.29 is 9.53 Å². The Labute approximate surface area is 104 Å². The first-order valence-corrected chi connectivity index (χ1v) is 5.42. The van der Waals surface area contributed by atoms with E-state index in [0.717, 1.165) is 12.8 Å². The van der Waals surface area contributed by atoms with Crippen LogP contribution in [0.3, 0.4) is 0 Å². The number of halogens is 1. The van der Waals surface area contributed by atoms with E-state index < -0.39 is 5.60 Å². The van der Waals surface area contributed by atoms with Crippen molar-refractivity contribution in [1.82, 2.24) is 4.90 Å². The van der Waals surface area contributed by atoms with E-state index >= 15 is 0 Å². The molecule has 16 heavy (non-hydrogen) atoms. The number of hydrogen-bond acceptors (Lipinski definition) is 3. The number of nitrogens with two attached hydrogens (primary N) is 1. The minimum atomic E-state index is -0.426.